The molecule has 0 aromatic heterocycles. The van der Waals surface area contributed by atoms with Crippen molar-refractivity contribution in [2.75, 3.05) is 18.0 Å². The zero-order chi connectivity index (χ0) is 11.3. The minimum absolute atomic E-state index is 0. The minimum Gasteiger partial charge on any atom is -0.480 e. The van der Waals surface area contributed by atoms with Gasteiger partial charge in [0.05, 0.1) is 0 Å². The van der Waals surface area contributed by atoms with Crippen molar-refractivity contribution in [3.63, 3.8) is 0 Å². The Morgan fingerprint density at radius 2 is 1.44 bits per heavy atom. The van der Waals surface area contributed by atoms with E-state index in [4.69, 9.17) is 10.2 Å². The molecule has 0 amide bonds. The standard InChI is InChI=1S/C10H11NO4.ClH/c12-9(13)6-11(7-10(14)15)8-4-2-1-3-5-8;/h1-5H,6-7H2,(H,12,13)(H,14,15);1H. The molecule has 0 saturated heterocycles. The van der Waals surface area contributed by atoms with E-state index < -0.39 is 11.9 Å². The third-order valence-electron chi connectivity index (χ3n) is 1.77. The summed E-state index contributed by atoms with van der Waals surface area (Å²) in [6.45, 7) is -0.646. The SMILES string of the molecule is Cl.O=C(O)CN(CC(=O)O)c1ccccc1. The summed E-state index contributed by atoms with van der Waals surface area (Å²) in [7, 11) is 0. The van der Waals surface area contributed by atoms with Crippen molar-refractivity contribution in [3.05, 3.63) is 30.3 Å². The summed E-state index contributed by atoms with van der Waals surface area (Å²) in [6, 6.07) is 8.58. The van der Waals surface area contributed by atoms with Crippen LogP contribution in [0.2, 0.25) is 0 Å². The summed E-state index contributed by atoms with van der Waals surface area (Å²) in [5.74, 6) is -2.11. The van der Waals surface area contributed by atoms with Gasteiger partial charge in [0.1, 0.15) is 13.1 Å². The number of hydrogen-bond donors (Lipinski definition) is 2. The molecule has 1 aromatic carbocycles. The molecule has 1 aromatic rings. The third-order valence-corrected chi connectivity index (χ3v) is 1.77. The Balaban J connectivity index is 0.00000225. The Morgan fingerprint density at radius 1 is 1.00 bits per heavy atom. The van der Waals surface area contributed by atoms with Crippen LogP contribution in [0.15, 0.2) is 30.3 Å². The van der Waals surface area contributed by atoms with Crippen LogP contribution in [0.1, 0.15) is 0 Å². The van der Waals surface area contributed by atoms with Gasteiger partial charge in [-0.3, -0.25) is 9.59 Å². The van der Waals surface area contributed by atoms with Crippen molar-refractivity contribution in [3.8, 4) is 0 Å². The Morgan fingerprint density at radius 3 is 1.81 bits per heavy atom. The lowest BCUT2D eigenvalue weighted by Gasteiger charge is -2.20. The molecule has 6 heteroatoms. The number of hydrogen-bond acceptors (Lipinski definition) is 3. The molecule has 16 heavy (non-hydrogen) atoms. The Hall–Kier alpha value is -1.75. The first-order valence-corrected chi connectivity index (χ1v) is 4.33. The van der Waals surface area contributed by atoms with Gasteiger partial charge in [0.2, 0.25) is 0 Å². The second-order valence-corrected chi connectivity index (χ2v) is 2.98. The van der Waals surface area contributed by atoms with Crippen LogP contribution in [0, 0.1) is 0 Å². The molecule has 2 N–H and O–H groups in total. The van der Waals surface area contributed by atoms with Gasteiger partial charge in [-0.25, -0.2) is 0 Å². The van der Waals surface area contributed by atoms with Crippen LogP contribution >= 0.6 is 12.4 Å². The van der Waals surface area contributed by atoms with E-state index in [1.54, 1.807) is 30.3 Å². The highest BCUT2D eigenvalue weighted by atomic mass is 35.5. The molecule has 0 fully saturated rings. The van der Waals surface area contributed by atoms with Crippen molar-refractivity contribution in [2.24, 2.45) is 0 Å². The van der Waals surface area contributed by atoms with E-state index in [1.165, 1.54) is 4.90 Å². The molecular formula is C10H12ClNO4. The lowest BCUT2D eigenvalue weighted by Crippen LogP contribution is -2.34. The normalized spacial score (nSPS) is 9.00. The number of halogens is 1. The van der Waals surface area contributed by atoms with E-state index in [2.05, 4.69) is 0 Å². The number of anilines is 1. The van der Waals surface area contributed by atoms with Crippen molar-refractivity contribution in [1.29, 1.82) is 0 Å². The van der Waals surface area contributed by atoms with Crippen molar-refractivity contribution in [2.45, 2.75) is 0 Å². The highest BCUT2D eigenvalue weighted by Gasteiger charge is 2.13. The number of carboxylic acids is 2. The first-order valence-electron chi connectivity index (χ1n) is 4.33. The fourth-order valence-corrected chi connectivity index (χ4v) is 1.20. The quantitative estimate of drug-likeness (QED) is 0.812. The van der Waals surface area contributed by atoms with Gasteiger partial charge in [0, 0.05) is 5.69 Å². The number of nitrogens with zero attached hydrogens (tertiary/aromatic N) is 1. The van der Waals surface area contributed by atoms with Crippen LogP contribution in [-0.2, 0) is 9.59 Å². The predicted molar refractivity (Wildman–Crippen MR) is 61.2 cm³/mol. The maximum Gasteiger partial charge on any atom is 0.323 e. The smallest absolute Gasteiger partial charge is 0.323 e. The molecule has 0 unspecified atom stereocenters. The van der Waals surface area contributed by atoms with Crippen LogP contribution in [0.3, 0.4) is 0 Å². The van der Waals surface area contributed by atoms with Crippen LogP contribution in [0.4, 0.5) is 5.69 Å². The van der Waals surface area contributed by atoms with E-state index in [9.17, 15) is 9.59 Å². The minimum atomic E-state index is -1.06. The Labute approximate surface area is 98.7 Å². The molecule has 0 heterocycles. The number of rotatable bonds is 5. The molecule has 0 aliphatic carbocycles. The fourth-order valence-electron chi connectivity index (χ4n) is 1.20. The summed E-state index contributed by atoms with van der Waals surface area (Å²) in [6.07, 6.45) is 0. The molecule has 0 aliphatic rings. The molecule has 0 atom stereocenters. The summed E-state index contributed by atoms with van der Waals surface area (Å²) >= 11 is 0. The molecule has 1 rings (SSSR count). The average Bonchev–Trinajstić information content (AvgIpc) is 2.17. The number of aliphatic carboxylic acids is 2. The zero-order valence-electron chi connectivity index (χ0n) is 8.37. The van der Waals surface area contributed by atoms with Crippen molar-refractivity contribution >= 4 is 30.0 Å². The van der Waals surface area contributed by atoms with Crippen LogP contribution in [-0.4, -0.2) is 35.2 Å². The van der Waals surface area contributed by atoms with E-state index in [1.807, 2.05) is 0 Å². The van der Waals surface area contributed by atoms with Crippen LogP contribution in [0.5, 0.6) is 0 Å². The summed E-state index contributed by atoms with van der Waals surface area (Å²) in [5, 5.41) is 17.2. The molecule has 0 aliphatic heterocycles. The molecule has 0 radical (unpaired) electrons. The second kappa shape index (κ2) is 6.68. The Bertz CT molecular complexity index is 339. The monoisotopic (exact) mass is 245 g/mol. The Kier molecular flexibility index (Phi) is 5.95. The number of carbonyl (C=O) groups is 2. The molecule has 0 bridgehead atoms. The van der Waals surface area contributed by atoms with Crippen LogP contribution < -0.4 is 4.90 Å². The van der Waals surface area contributed by atoms with Gasteiger partial charge in [-0.15, -0.1) is 12.4 Å². The highest BCUT2D eigenvalue weighted by molar-refractivity contribution is 5.85. The maximum absolute atomic E-state index is 10.5. The van der Waals surface area contributed by atoms with Gasteiger partial charge in [-0.1, -0.05) is 18.2 Å². The second-order valence-electron chi connectivity index (χ2n) is 2.98. The highest BCUT2D eigenvalue weighted by Crippen LogP contribution is 2.12. The van der Waals surface area contributed by atoms with E-state index in [0.717, 1.165) is 0 Å². The summed E-state index contributed by atoms with van der Waals surface area (Å²) < 4.78 is 0. The molecule has 5 nitrogen and oxygen atoms in total. The first kappa shape index (κ1) is 14.2. The lowest BCUT2D eigenvalue weighted by molar-refractivity contribution is -0.136. The molecule has 0 spiro atoms. The van der Waals surface area contributed by atoms with E-state index >= 15 is 0 Å². The van der Waals surface area contributed by atoms with Gasteiger partial charge in [-0.2, -0.15) is 0 Å². The largest absolute Gasteiger partial charge is 0.480 e. The van der Waals surface area contributed by atoms with Crippen molar-refractivity contribution < 1.29 is 19.8 Å². The van der Waals surface area contributed by atoms with Gasteiger partial charge in [0.15, 0.2) is 0 Å². The van der Waals surface area contributed by atoms with E-state index in [0.29, 0.717) is 5.69 Å². The molecular weight excluding hydrogens is 234 g/mol. The molecule has 0 saturated carbocycles. The van der Waals surface area contributed by atoms with Gasteiger partial charge in [0.25, 0.3) is 0 Å². The fraction of sp³-hybridized carbons (Fsp3) is 0.200. The summed E-state index contributed by atoms with van der Waals surface area (Å²) in [5.41, 5.74) is 0.585. The van der Waals surface area contributed by atoms with Gasteiger partial charge < -0.3 is 15.1 Å². The van der Waals surface area contributed by atoms with Crippen LogP contribution in [0.25, 0.3) is 0 Å². The van der Waals surface area contributed by atoms with Gasteiger partial charge in [-0.05, 0) is 12.1 Å². The number of benzene rings is 1. The van der Waals surface area contributed by atoms with Crippen molar-refractivity contribution in [1.82, 2.24) is 0 Å². The number of para-hydroxylation sites is 1. The van der Waals surface area contributed by atoms with Gasteiger partial charge >= 0.3 is 11.9 Å². The summed E-state index contributed by atoms with van der Waals surface area (Å²) in [4.78, 5) is 22.3. The predicted octanol–water partition coefficient (Wildman–Crippen LogP) is 1.08. The third kappa shape index (κ3) is 4.65. The topological polar surface area (TPSA) is 77.8 Å². The van der Waals surface area contributed by atoms with E-state index in [-0.39, 0.29) is 25.5 Å². The first-order chi connectivity index (χ1) is 7.09. The maximum atomic E-state index is 10.5. The molecule has 88 valence electrons. The average molecular weight is 246 g/mol. The zero-order valence-corrected chi connectivity index (χ0v) is 9.18. The lowest BCUT2D eigenvalue weighted by atomic mass is 10.3. The number of carboxylic acid groups (broad SMARTS) is 2.